The minimum atomic E-state index is -1.40. The molecule has 2 aromatic carbocycles. The van der Waals surface area contributed by atoms with Crippen LogP contribution in [0.5, 0.6) is 0 Å². The Balaban J connectivity index is 1.64. The zero-order chi connectivity index (χ0) is 18.3. The number of rotatable bonds is 3. The Morgan fingerprint density at radius 3 is 2.50 bits per heavy atom. The molecule has 1 aromatic heterocycles. The van der Waals surface area contributed by atoms with Gasteiger partial charge in [-0.25, -0.2) is 4.98 Å². The van der Waals surface area contributed by atoms with Crippen LogP contribution in [-0.2, 0) is 4.74 Å². The number of nitrogens with zero attached hydrogens (tertiary/aromatic N) is 1. The summed E-state index contributed by atoms with van der Waals surface area (Å²) < 4.78 is 5.57. The Morgan fingerprint density at radius 2 is 1.73 bits per heavy atom. The molecule has 136 valence electrons. The first-order valence-corrected chi connectivity index (χ1v) is 9.21. The molecule has 0 spiro atoms. The van der Waals surface area contributed by atoms with E-state index in [9.17, 15) is 20.4 Å². The number of fused-ring (bicyclic) bond motifs is 1. The van der Waals surface area contributed by atoms with Crippen molar-refractivity contribution in [2.24, 2.45) is 0 Å². The first-order valence-electron chi connectivity index (χ1n) is 8.33. The van der Waals surface area contributed by atoms with Crippen molar-refractivity contribution in [3.63, 3.8) is 0 Å². The van der Waals surface area contributed by atoms with E-state index in [0.29, 0.717) is 5.01 Å². The number of hydrogen-bond donors (Lipinski definition) is 4. The fourth-order valence-electron chi connectivity index (χ4n) is 3.21. The van der Waals surface area contributed by atoms with Gasteiger partial charge in [0.1, 0.15) is 35.5 Å². The number of aliphatic hydroxyl groups is 4. The van der Waals surface area contributed by atoms with Crippen LogP contribution in [0.3, 0.4) is 0 Å². The van der Waals surface area contributed by atoms with Gasteiger partial charge in [-0.2, -0.15) is 0 Å². The predicted molar refractivity (Wildman–Crippen MR) is 97.8 cm³/mol. The molecule has 6 nitrogen and oxygen atoms in total. The van der Waals surface area contributed by atoms with E-state index in [1.807, 2.05) is 47.8 Å². The summed E-state index contributed by atoms with van der Waals surface area (Å²) in [6, 6.07) is 14.1. The fourth-order valence-corrected chi connectivity index (χ4v) is 4.11. The van der Waals surface area contributed by atoms with Crippen LogP contribution in [0.1, 0.15) is 11.1 Å². The van der Waals surface area contributed by atoms with E-state index in [0.717, 1.165) is 22.0 Å². The van der Waals surface area contributed by atoms with Gasteiger partial charge in [0.25, 0.3) is 0 Å². The molecule has 4 rings (SSSR count). The molecule has 0 unspecified atom stereocenters. The Labute approximate surface area is 154 Å². The van der Waals surface area contributed by atoms with Crippen molar-refractivity contribution < 1.29 is 25.2 Å². The van der Waals surface area contributed by atoms with Crippen LogP contribution < -0.4 is 0 Å². The van der Waals surface area contributed by atoms with Crippen LogP contribution >= 0.6 is 11.3 Å². The van der Waals surface area contributed by atoms with Crippen LogP contribution in [-0.4, -0.2) is 56.4 Å². The summed E-state index contributed by atoms with van der Waals surface area (Å²) in [5.41, 5.74) is 1.68. The van der Waals surface area contributed by atoms with E-state index in [-0.39, 0.29) is 0 Å². The highest BCUT2D eigenvalue weighted by atomic mass is 32.1. The molecule has 2 heterocycles. The maximum absolute atomic E-state index is 10.2. The summed E-state index contributed by atoms with van der Waals surface area (Å²) in [4.78, 5) is 4.55. The summed E-state index contributed by atoms with van der Waals surface area (Å²) >= 11 is 1.31. The van der Waals surface area contributed by atoms with E-state index >= 15 is 0 Å². The zero-order valence-electron chi connectivity index (χ0n) is 13.8. The second-order valence-electron chi connectivity index (χ2n) is 6.38. The van der Waals surface area contributed by atoms with Gasteiger partial charge in [0, 0.05) is 10.9 Å². The molecule has 7 heteroatoms. The van der Waals surface area contributed by atoms with Gasteiger partial charge in [-0.3, -0.25) is 0 Å². The number of hydrogen-bond acceptors (Lipinski definition) is 7. The maximum Gasteiger partial charge on any atom is 0.138 e. The molecule has 26 heavy (non-hydrogen) atoms. The average molecular weight is 373 g/mol. The van der Waals surface area contributed by atoms with Gasteiger partial charge in [0.05, 0.1) is 12.3 Å². The second kappa shape index (κ2) is 7.03. The van der Waals surface area contributed by atoms with Gasteiger partial charge >= 0.3 is 0 Å². The van der Waals surface area contributed by atoms with Crippen molar-refractivity contribution in [2.45, 2.75) is 30.5 Å². The highest BCUT2D eigenvalue weighted by Gasteiger charge is 2.45. The predicted octanol–water partition coefficient (Wildman–Crippen LogP) is 1.48. The molecule has 1 aliphatic rings. The quantitative estimate of drug-likeness (QED) is 0.555. The largest absolute Gasteiger partial charge is 0.394 e. The van der Waals surface area contributed by atoms with Gasteiger partial charge in [0.2, 0.25) is 0 Å². The number of aliphatic hydroxyl groups excluding tert-OH is 4. The zero-order valence-corrected chi connectivity index (χ0v) is 14.6. The van der Waals surface area contributed by atoms with E-state index in [1.165, 1.54) is 11.3 Å². The van der Waals surface area contributed by atoms with Crippen molar-refractivity contribution >= 4 is 22.1 Å². The lowest BCUT2D eigenvalue weighted by Gasteiger charge is -2.39. The molecule has 5 atom stereocenters. The lowest BCUT2D eigenvalue weighted by Crippen LogP contribution is -2.55. The van der Waals surface area contributed by atoms with Crippen molar-refractivity contribution in [3.05, 3.63) is 52.9 Å². The molecular weight excluding hydrogens is 354 g/mol. The van der Waals surface area contributed by atoms with Gasteiger partial charge in [-0.1, -0.05) is 36.4 Å². The Morgan fingerprint density at radius 1 is 0.962 bits per heavy atom. The van der Waals surface area contributed by atoms with Crippen LogP contribution in [0.25, 0.3) is 22.0 Å². The second-order valence-corrected chi connectivity index (χ2v) is 7.27. The lowest BCUT2D eigenvalue weighted by molar-refractivity contribution is -0.231. The molecule has 0 saturated carbocycles. The smallest absolute Gasteiger partial charge is 0.138 e. The molecule has 1 fully saturated rings. The molecule has 3 aromatic rings. The van der Waals surface area contributed by atoms with Crippen LogP contribution in [0.2, 0.25) is 0 Å². The maximum atomic E-state index is 10.2. The van der Waals surface area contributed by atoms with Crippen molar-refractivity contribution in [3.8, 4) is 11.3 Å². The average Bonchev–Trinajstić information content (AvgIpc) is 3.16. The Kier molecular flexibility index (Phi) is 4.74. The highest BCUT2D eigenvalue weighted by Crippen LogP contribution is 2.36. The van der Waals surface area contributed by atoms with Crippen LogP contribution in [0, 0.1) is 0 Å². The van der Waals surface area contributed by atoms with E-state index in [4.69, 9.17) is 4.74 Å². The topological polar surface area (TPSA) is 103 Å². The third-order valence-electron chi connectivity index (χ3n) is 4.70. The van der Waals surface area contributed by atoms with Crippen molar-refractivity contribution in [1.82, 2.24) is 4.98 Å². The minimum Gasteiger partial charge on any atom is -0.394 e. The molecule has 0 aliphatic carbocycles. The van der Waals surface area contributed by atoms with Crippen molar-refractivity contribution in [1.29, 1.82) is 0 Å². The normalized spacial score (nSPS) is 29.2. The lowest BCUT2D eigenvalue weighted by atomic mass is 9.95. The number of benzene rings is 2. The molecule has 1 saturated heterocycles. The van der Waals surface area contributed by atoms with E-state index in [1.54, 1.807) is 0 Å². The van der Waals surface area contributed by atoms with E-state index in [2.05, 4.69) is 4.98 Å². The fraction of sp³-hybridized carbons (Fsp3) is 0.316. The molecule has 0 bridgehead atoms. The molecule has 0 radical (unpaired) electrons. The summed E-state index contributed by atoms with van der Waals surface area (Å²) in [5.74, 6) is 0. The third kappa shape index (κ3) is 3.03. The summed E-state index contributed by atoms with van der Waals surface area (Å²) in [5, 5.41) is 44.0. The van der Waals surface area contributed by atoms with Gasteiger partial charge in [0.15, 0.2) is 0 Å². The van der Waals surface area contributed by atoms with Gasteiger partial charge in [-0.05, 0) is 16.8 Å². The molecule has 0 amide bonds. The van der Waals surface area contributed by atoms with Gasteiger partial charge < -0.3 is 25.2 Å². The molecule has 4 N–H and O–H groups in total. The molecule has 1 aliphatic heterocycles. The SMILES string of the molecule is OC[C@H]1O[C@@H](c2nc(-c3ccc4ccccc4c3)cs2)[C@H](O)[C@@H](O)[C@@H]1O. The summed E-state index contributed by atoms with van der Waals surface area (Å²) in [7, 11) is 0. The first kappa shape index (κ1) is 17.5. The molecular formula is C19H19NO5S. The first-order chi connectivity index (χ1) is 12.6. The minimum absolute atomic E-state index is 0.454. The number of aromatic nitrogens is 1. The van der Waals surface area contributed by atoms with Crippen LogP contribution in [0.4, 0.5) is 0 Å². The Bertz CT molecular complexity index is 912. The van der Waals surface area contributed by atoms with Gasteiger partial charge in [-0.15, -0.1) is 11.3 Å². The third-order valence-corrected chi connectivity index (χ3v) is 5.61. The summed E-state index contributed by atoms with van der Waals surface area (Å²) in [6.07, 6.45) is -5.93. The van der Waals surface area contributed by atoms with E-state index < -0.39 is 37.1 Å². The standard InChI is InChI=1S/C19H19NO5S/c21-8-14-15(22)16(23)17(24)18(25-14)19-20-13(9-26-19)12-6-5-10-3-1-2-4-11(10)7-12/h1-7,9,14-18,21-24H,8H2/t14-,15-,16+,17-,18-/m1/s1. The van der Waals surface area contributed by atoms with Crippen molar-refractivity contribution in [2.75, 3.05) is 6.61 Å². The number of ether oxygens (including phenoxy) is 1. The van der Waals surface area contributed by atoms with Crippen LogP contribution in [0.15, 0.2) is 47.8 Å². The summed E-state index contributed by atoms with van der Waals surface area (Å²) in [6.45, 7) is -0.454. The number of thiazole rings is 1. The Hall–Kier alpha value is -1.87. The monoisotopic (exact) mass is 373 g/mol. The highest BCUT2D eigenvalue weighted by molar-refractivity contribution is 7.10.